The lowest BCUT2D eigenvalue weighted by Crippen LogP contribution is -2.09. The lowest BCUT2D eigenvalue weighted by Gasteiger charge is -2.09. The van der Waals surface area contributed by atoms with Crippen LogP contribution in [0.2, 0.25) is 0 Å². The van der Waals surface area contributed by atoms with E-state index in [2.05, 4.69) is 25.3 Å². The first-order valence-corrected chi connectivity index (χ1v) is 18.1. The Morgan fingerprint density at radius 3 is 1.12 bits per heavy atom. The van der Waals surface area contributed by atoms with Crippen LogP contribution in [0.1, 0.15) is 111 Å². The Labute approximate surface area is 299 Å². The molecule has 0 aliphatic carbocycles. The van der Waals surface area contributed by atoms with E-state index in [9.17, 15) is 9.59 Å². The van der Waals surface area contributed by atoms with Crippen LogP contribution in [0.15, 0.2) is 122 Å². The van der Waals surface area contributed by atoms with Crippen molar-refractivity contribution in [1.29, 1.82) is 0 Å². The molecule has 0 N–H and O–H groups in total. The molecule has 0 aliphatic rings. The molecule has 0 heterocycles. The first-order chi connectivity index (χ1) is 24.6. The Morgan fingerprint density at radius 1 is 0.440 bits per heavy atom. The van der Waals surface area contributed by atoms with Crippen LogP contribution < -0.4 is 18.9 Å². The molecule has 3 aromatic carbocycles. The van der Waals surface area contributed by atoms with Gasteiger partial charge in [-0.3, -0.25) is 0 Å². The number of hydrogen-bond acceptors (Lipinski definition) is 6. The van der Waals surface area contributed by atoms with Crippen LogP contribution in [0, 0.1) is 0 Å². The Kier molecular flexibility index (Phi) is 19.9. The molecule has 0 unspecified atom stereocenters. The summed E-state index contributed by atoms with van der Waals surface area (Å²) in [5.41, 5.74) is 0.838. The molecule has 6 nitrogen and oxygen atoms in total. The second-order valence-corrected chi connectivity index (χ2v) is 12.1. The van der Waals surface area contributed by atoms with Gasteiger partial charge >= 0.3 is 11.9 Å². The summed E-state index contributed by atoms with van der Waals surface area (Å²) < 4.78 is 22.7. The van der Waals surface area contributed by atoms with Crippen LogP contribution in [-0.4, -0.2) is 25.2 Å². The summed E-state index contributed by atoms with van der Waals surface area (Å²) in [6, 6.07) is 20.3. The summed E-state index contributed by atoms with van der Waals surface area (Å²) in [6.07, 6.45) is 28.4. The van der Waals surface area contributed by atoms with Gasteiger partial charge < -0.3 is 18.9 Å². The molecule has 0 radical (unpaired) electrons. The van der Waals surface area contributed by atoms with Crippen LogP contribution in [0.25, 0.3) is 0 Å². The number of ether oxygens (including phenoxy) is 4. The summed E-state index contributed by atoms with van der Waals surface area (Å²) in [4.78, 5) is 25.3. The molecule has 0 aliphatic heterocycles. The van der Waals surface area contributed by atoms with E-state index in [4.69, 9.17) is 18.9 Å². The Hall–Kier alpha value is -4.84. The topological polar surface area (TPSA) is 71.1 Å². The highest BCUT2D eigenvalue weighted by Gasteiger charge is 2.12. The van der Waals surface area contributed by atoms with Gasteiger partial charge in [0.1, 0.15) is 23.0 Å². The van der Waals surface area contributed by atoms with Crippen LogP contribution in [0.5, 0.6) is 23.0 Å². The van der Waals surface area contributed by atoms with E-state index in [1.807, 2.05) is 24.3 Å². The van der Waals surface area contributed by atoms with Crippen LogP contribution in [0.4, 0.5) is 0 Å². The van der Waals surface area contributed by atoms with Crippen LogP contribution >= 0.6 is 0 Å². The van der Waals surface area contributed by atoms with Crippen molar-refractivity contribution in [3.63, 3.8) is 0 Å². The van der Waals surface area contributed by atoms with E-state index in [0.717, 1.165) is 50.0 Å². The fourth-order valence-electron chi connectivity index (χ4n) is 5.19. The zero-order valence-electron chi connectivity index (χ0n) is 29.6. The molecule has 0 fully saturated rings. The Balaban J connectivity index is 1.28. The van der Waals surface area contributed by atoms with Gasteiger partial charge in [0, 0.05) is 0 Å². The molecule has 0 spiro atoms. The van der Waals surface area contributed by atoms with Crippen LogP contribution in [-0.2, 0) is 0 Å². The number of esters is 2. The fraction of sp³-hybridized carbons (Fsp3) is 0.364. The third-order valence-corrected chi connectivity index (χ3v) is 8.04. The number of hydrogen-bond donors (Lipinski definition) is 0. The second kappa shape index (κ2) is 25.2. The van der Waals surface area contributed by atoms with E-state index in [0.29, 0.717) is 35.8 Å². The lowest BCUT2D eigenvalue weighted by molar-refractivity contribution is 0.0719. The quantitative estimate of drug-likeness (QED) is 0.0364. The highest BCUT2D eigenvalue weighted by atomic mass is 16.5. The molecule has 0 saturated carbocycles. The number of allylic oxidation sites excluding steroid dienone is 6. The van der Waals surface area contributed by atoms with Gasteiger partial charge in [-0.1, -0.05) is 101 Å². The van der Waals surface area contributed by atoms with Crippen molar-refractivity contribution in [3.8, 4) is 23.0 Å². The maximum absolute atomic E-state index is 12.7. The van der Waals surface area contributed by atoms with Gasteiger partial charge in [0.15, 0.2) is 0 Å². The zero-order valence-corrected chi connectivity index (χ0v) is 29.6. The van der Waals surface area contributed by atoms with Gasteiger partial charge in [-0.15, -0.1) is 0 Å². The minimum atomic E-state index is -0.480. The van der Waals surface area contributed by atoms with Gasteiger partial charge in [0.05, 0.1) is 24.3 Å². The molecule has 6 heteroatoms. The van der Waals surface area contributed by atoms with Gasteiger partial charge in [-0.05, 0) is 111 Å². The minimum absolute atomic E-state index is 0.349. The molecule has 0 aromatic heterocycles. The Bertz CT molecular complexity index is 1340. The van der Waals surface area contributed by atoms with Crippen LogP contribution in [0.3, 0.4) is 0 Å². The molecule has 50 heavy (non-hydrogen) atoms. The van der Waals surface area contributed by atoms with E-state index < -0.39 is 11.9 Å². The number of benzene rings is 3. The average Bonchev–Trinajstić information content (AvgIpc) is 3.14. The third kappa shape index (κ3) is 17.0. The number of unbranched alkanes of at least 4 members (excludes halogenated alkanes) is 12. The normalized spacial score (nSPS) is 11.0. The van der Waals surface area contributed by atoms with Crippen molar-refractivity contribution in [1.82, 2.24) is 0 Å². The predicted octanol–water partition coefficient (Wildman–Crippen LogP) is 11.8. The summed E-state index contributed by atoms with van der Waals surface area (Å²) in [5, 5.41) is 0. The second-order valence-electron chi connectivity index (χ2n) is 12.1. The number of carbonyl (C=O) groups is 2. The van der Waals surface area contributed by atoms with Gasteiger partial charge in [-0.2, -0.15) is 0 Å². The van der Waals surface area contributed by atoms with Crippen molar-refractivity contribution in [3.05, 3.63) is 134 Å². The maximum atomic E-state index is 12.7. The van der Waals surface area contributed by atoms with E-state index in [-0.39, 0.29) is 0 Å². The maximum Gasteiger partial charge on any atom is 0.343 e. The molecule has 0 amide bonds. The molecule has 0 bridgehead atoms. The first-order valence-electron chi connectivity index (χ1n) is 18.1. The first kappa shape index (κ1) is 39.6. The lowest BCUT2D eigenvalue weighted by atomic mass is 10.1. The Morgan fingerprint density at radius 2 is 0.760 bits per heavy atom. The van der Waals surface area contributed by atoms with Gasteiger partial charge in [-0.25, -0.2) is 9.59 Å². The SMILES string of the molecule is C=C/C=C/CCCCCCCCOc1ccc(C(=O)Oc2ccc(OC(=O)c3ccc(OCCCCCCCC/C=C/C=C)cc3)cc2)cc1. The predicted molar refractivity (Wildman–Crippen MR) is 204 cm³/mol. The smallest absolute Gasteiger partial charge is 0.343 e. The van der Waals surface area contributed by atoms with Crippen molar-refractivity contribution in [2.75, 3.05) is 13.2 Å². The van der Waals surface area contributed by atoms with E-state index in [1.165, 1.54) is 51.4 Å². The monoisotopic (exact) mass is 678 g/mol. The largest absolute Gasteiger partial charge is 0.494 e. The molecular formula is C44H54O6. The molecule has 3 aromatic rings. The summed E-state index contributed by atoms with van der Waals surface area (Å²) >= 11 is 0. The minimum Gasteiger partial charge on any atom is -0.494 e. The third-order valence-electron chi connectivity index (χ3n) is 8.04. The highest BCUT2D eigenvalue weighted by molar-refractivity contribution is 5.92. The fourth-order valence-corrected chi connectivity index (χ4v) is 5.19. The number of carbonyl (C=O) groups excluding carboxylic acids is 2. The summed E-state index contributed by atoms with van der Waals surface area (Å²) in [6.45, 7) is 8.67. The molecule has 266 valence electrons. The van der Waals surface area contributed by atoms with E-state index >= 15 is 0 Å². The van der Waals surface area contributed by atoms with Crippen molar-refractivity contribution < 1.29 is 28.5 Å². The average molecular weight is 679 g/mol. The summed E-state index contributed by atoms with van der Waals surface area (Å²) in [7, 11) is 0. The van der Waals surface area contributed by atoms with Crippen molar-refractivity contribution >= 4 is 11.9 Å². The highest BCUT2D eigenvalue weighted by Crippen LogP contribution is 2.22. The van der Waals surface area contributed by atoms with Crippen molar-refractivity contribution in [2.24, 2.45) is 0 Å². The summed E-state index contributed by atoms with van der Waals surface area (Å²) in [5.74, 6) is 1.19. The van der Waals surface area contributed by atoms with Gasteiger partial charge in [0.25, 0.3) is 0 Å². The zero-order chi connectivity index (χ0) is 35.5. The van der Waals surface area contributed by atoms with Crippen molar-refractivity contribution in [2.45, 2.75) is 89.9 Å². The standard InChI is InChI=1S/C44H54O6/c1-3-5-7-9-11-13-15-17-19-21-35-47-39-27-23-37(24-28-39)43(45)49-41-31-33-42(34-32-41)50-44(46)38-25-29-40(30-26-38)48-36-22-20-18-16-14-12-10-8-6-4-2/h3-8,23-34H,1-2,9-22,35-36H2/b7-5+,8-6+. The molecule has 3 rings (SSSR count). The van der Waals surface area contributed by atoms with Gasteiger partial charge in [0.2, 0.25) is 0 Å². The molecule has 0 saturated heterocycles. The van der Waals surface area contributed by atoms with E-state index in [1.54, 1.807) is 72.8 Å². The molecular weight excluding hydrogens is 624 g/mol. The molecule has 0 atom stereocenters. The number of rotatable bonds is 26.